The number of hydrogen-bond acceptors (Lipinski definition) is 3. The fourth-order valence-electron chi connectivity index (χ4n) is 2.15. The lowest BCUT2D eigenvalue weighted by atomic mass is 10.2. The highest BCUT2D eigenvalue weighted by atomic mass is 16.4. The van der Waals surface area contributed by atoms with Crippen LogP contribution >= 0.6 is 0 Å². The monoisotopic (exact) mass is 290 g/mol. The number of aryl methyl sites for hydroxylation is 1. The molecule has 1 aromatic heterocycles. The van der Waals surface area contributed by atoms with Crippen LogP contribution in [-0.4, -0.2) is 52.2 Å². The molecule has 7 nitrogen and oxygen atoms in total. The van der Waals surface area contributed by atoms with Crippen LogP contribution in [0.2, 0.25) is 0 Å². The van der Waals surface area contributed by atoms with Gasteiger partial charge in [0, 0.05) is 27.2 Å². The Morgan fingerprint density at radius 2 is 2.10 bits per heavy atom. The molecule has 2 rings (SSSR count). The second-order valence-corrected chi connectivity index (χ2v) is 4.92. The Labute approximate surface area is 122 Å². The van der Waals surface area contributed by atoms with Gasteiger partial charge in [-0.1, -0.05) is 6.07 Å². The average molecular weight is 290 g/mol. The largest absolute Gasteiger partial charge is 0.478 e. The van der Waals surface area contributed by atoms with Crippen molar-refractivity contribution in [3.05, 3.63) is 29.6 Å². The summed E-state index contributed by atoms with van der Waals surface area (Å²) in [4.78, 5) is 28.5. The van der Waals surface area contributed by atoms with Crippen molar-refractivity contribution in [1.82, 2.24) is 19.8 Å². The van der Waals surface area contributed by atoms with Gasteiger partial charge in [0.1, 0.15) is 11.3 Å². The highest BCUT2D eigenvalue weighted by molar-refractivity contribution is 6.01. The number of carboxylic acid groups (broad SMARTS) is 1. The van der Waals surface area contributed by atoms with Crippen molar-refractivity contribution in [2.75, 3.05) is 20.6 Å². The molecule has 0 saturated carbocycles. The molecule has 0 spiro atoms. The molecule has 0 fully saturated rings. The van der Waals surface area contributed by atoms with Crippen molar-refractivity contribution in [3.63, 3.8) is 0 Å². The minimum Gasteiger partial charge on any atom is -0.478 e. The van der Waals surface area contributed by atoms with Gasteiger partial charge in [0.2, 0.25) is 0 Å². The number of aromatic nitrogens is 2. The minimum absolute atomic E-state index is 0.164. The summed E-state index contributed by atoms with van der Waals surface area (Å²) >= 11 is 0. The van der Waals surface area contributed by atoms with E-state index < -0.39 is 5.97 Å². The third-order valence-electron chi connectivity index (χ3n) is 3.22. The Kier molecular flexibility index (Phi) is 4.11. The predicted molar refractivity (Wildman–Crippen MR) is 78.5 cm³/mol. The Morgan fingerprint density at radius 1 is 1.38 bits per heavy atom. The summed E-state index contributed by atoms with van der Waals surface area (Å²) in [5.74, 6) is -0.274. The zero-order valence-electron chi connectivity index (χ0n) is 12.3. The van der Waals surface area contributed by atoms with Crippen LogP contribution < -0.4 is 5.32 Å². The fraction of sp³-hybridized carbons (Fsp3) is 0.357. The lowest BCUT2D eigenvalue weighted by Gasteiger charge is -2.13. The highest BCUT2D eigenvalue weighted by Gasteiger charge is 2.14. The van der Waals surface area contributed by atoms with Crippen LogP contribution in [0.15, 0.2) is 18.2 Å². The molecule has 0 aliphatic heterocycles. The first-order chi connectivity index (χ1) is 9.91. The molecule has 2 aromatic rings. The first-order valence-corrected chi connectivity index (χ1v) is 6.56. The smallest absolute Gasteiger partial charge is 0.337 e. The number of fused-ring (bicyclic) bond motifs is 1. The molecule has 0 bridgehead atoms. The number of para-hydroxylation sites is 1. The second kappa shape index (κ2) is 5.82. The van der Waals surface area contributed by atoms with Gasteiger partial charge in [0.15, 0.2) is 0 Å². The van der Waals surface area contributed by atoms with E-state index in [4.69, 9.17) is 0 Å². The van der Waals surface area contributed by atoms with Gasteiger partial charge < -0.3 is 19.9 Å². The van der Waals surface area contributed by atoms with Crippen molar-refractivity contribution in [3.8, 4) is 0 Å². The molecule has 7 heteroatoms. The molecule has 1 heterocycles. The van der Waals surface area contributed by atoms with E-state index in [9.17, 15) is 14.7 Å². The zero-order valence-corrected chi connectivity index (χ0v) is 12.3. The fourth-order valence-corrected chi connectivity index (χ4v) is 2.15. The van der Waals surface area contributed by atoms with Crippen LogP contribution in [0, 0.1) is 6.92 Å². The quantitative estimate of drug-likeness (QED) is 0.889. The maximum absolute atomic E-state index is 11.5. The van der Waals surface area contributed by atoms with Crippen molar-refractivity contribution >= 4 is 23.0 Å². The van der Waals surface area contributed by atoms with Crippen LogP contribution in [0.4, 0.5) is 4.79 Å². The number of nitrogens with zero attached hydrogens (tertiary/aromatic N) is 3. The van der Waals surface area contributed by atoms with Crippen molar-refractivity contribution in [2.24, 2.45) is 0 Å². The number of imidazole rings is 1. The first-order valence-electron chi connectivity index (χ1n) is 6.56. The number of urea groups is 1. The van der Waals surface area contributed by atoms with Gasteiger partial charge in [0.25, 0.3) is 0 Å². The summed E-state index contributed by atoms with van der Waals surface area (Å²) in [6.07, 6.45) is 0. The number of amides is 2. The van der Waals surface area contributed by atoms with Gasteiger partial charge in [-0.15, -0.1) is 0 Å². The Hall–Kier alpha value is -2.57. The van der Waals surface area contributed by atoms with Crippen LogP contribution in [0.1, 0.15) is 16.2 Å². The van der Waals surface area contributed by atoms with E-state index >= 15 is 0 Å². The van der Waals surface area contributed by atoms with Crippen LogP contribution in [0.25, 0.3) is 11.0 Å². The first kappa shape index (κ1) is 14.8. The zero-order chi connectivity index (χ0) is 15.6. The standard InChI is InChI=1S/C14H18N4O3/c1-9-16-12-10(13(19)20)5-4-6-11(12)18(9)8-7-15-14(21)17(2)3/h4-6H,7-8H2,1-3H3,(H,15,21)(H,19,20). The molecule has 21 heavy (non-hydrogen) atoms. The molecule has 2 N–H and O–H groups in total. The minimum atomic E-state index is -0.994. The average Bonchev–Trinajstić information content (AvgIpc) is 2.74. The summed E-state index contributed by atoms with van der Waals surface area (Å²) in [7, 11) is 3.35. The molecule has 0 aliphatic rings. The molecular formula is C14H18N4O3. The second-order valence-electron chi connectivity index (χ2n) is 4.92. The number of aromatic carboxylic acids is 1. The molecule has 0 aliphatic carbocycles. The lowest BCUT2D eigenvalue weighted by molar-refractivity contribution is 0.0699. The van der Waals surface area contributed by atoms with E-state index in [0.717, 1.165) is 11.3 Å². The van der Waals surface area contributed by atoms with Gasteiger partial charge in [-0.2, -0.15) is 0 Å². The normalized spacial score (nSPS) is 10.6. The molecule has 1 aromatic carbocycles. The van der Waals surface area contributed by atoms with Gasteiger partial charge in [-0.3, -0.25) is 0 Å². The van der Waals surface area contributed by atoms with Crippen LogP contribution in [-0.2, 0) is 6.54 Å². The molecule has 0 radical (unpaired) electrons. The highest BCUT2D eigenvalue weighted by Crippen LogP contribution is 2.19. The van der Waals surface area contributed by atoms with E-state index in [1.165, 1.54) is 11.0 Å². The van der Waals surface area contributed by atoms with E-state index in [2.05, 4.69) is 10.3 Å². The number of nitrogens with one attached hydrogen (secondary N) is 1. The molecular weight excluding hydrogens is 272 g/mol. The van der Waals surface area contributed by atoms with Crippen LogP contribution in [0.3, 0.4) is 0 Å². The topological polar surface area (TPSA) is 87.5 Å². The molecule has 0 saturated heterocycles. The maximum Gasteiger partial charge on any atom is 0.337 e. The number of carbonyl (C=O) groups is 2. The number of carboxylic acids is 1. The number of benzene rings is 1. The molecule has 0 unspecified atom stereocenters. The summed E-state index contributed by atoms with van der Waals surface area (Å²) in [5, 5.41) is 12.0. The molecule has 112 valence electrons. The van der Waals surface area contributed by atoms with Crippen molar-refractivity contribution in [2.45, 2.75) is 13.5 Å². The van der Waals surface area contributed by atoms with Gasteiger partial charge in [-0.25, -0.2) is 14.6 Å². The predicted octanol–water partition coefficient (Wildman–Crippen LogP) is 1.31. The summed E-state index contributed by atoms with van der Waals surface area (Å²) in [5.41, 5.74) is 1.42. The Balaban J connectivity index is 2.25. The molecule has 0 atom stereocenters. The SMILES string of the molecule is Cc1nc2c(C(=O)O)cccc2n1CCNC(=O)N(C)C. The number of hydrogen-bond donors (Lipinski definition) is 2. The van der Waals surface area contributed by atoms with E-state index in [1.807, 2.05) is 17.6 Å². The maximum atomic E-state index is 11.5. The summed E-state index contributed by atoms with van der Waals surface area (Å²) < 4.78 is 1.90. The van der Waals surface area contributed by atoms with E-state index in [1.54, 1.807) is 20.2 Å². The summed E-state index contributed by atoms with van der Waals surface area (Å²) in [6, 6.07) is 4.90. The van der Waals surface area contributed by atoms with E-state index in [-0.39, 0.29) is 11.6 Å². The Morgan fingerprint density at radius 3 is 2.71 bits per heavy atom. The number of rotatable bonds is 4. The van der Waals surface area contributed by atoms with E-state index in [0.29, 0.717) is 18.6 Å². The third kappa shape index (κ3) is 2.96. The van der Waals surface area contributed by atoms with Gasteiger partial charge >= 0.3 is 12.0 Å². The van der Waals surface area contributed by atoms with Gasteiger partial charge in [0.05, 0.1) is 11.1 Å². The van der Waals surface area contributed by atoms with Crippen molar-refractivity contribution < 1.29 is 14.7 Å². The summed E-state index contributed by atoms with van der Waals surface area (Å²) in [6.45, 7) is 2.80. The van der Waals surface area contributed by atoms with Crippen molar-refractivity contribution in [1.29, 1.82) is 0 Å². The Bertz CT molecular complexity index is 691. The van der Waals surface area contributed by atoms with Crippen LogP contribution in [0.5, 0.6) is 0 Å². The molecule has 2 amide bonds. The lowest BCUT2D eigenvalue weighted by Crippen LogP contribution is -2.36. The third-order valence-corrected chi connectivity index (χ3v) is 3.22. The van der Waals surface area contributed by atoms with Gasteiger partial charge in [-0.05, 0) is 19.1 Å². The number of carbonyl (C=O) groups excluding carboxylic acids is 1.